The van der Waals surface area contributed by atoms with Crippen molar-refractivity contribution < 1.29 is 4.79 Å². The summed E-state index contributed by atoms with van der Waals surface area (Å²) in [6, 6.07) is 2.13. The van der Waals surface area contributed by atoms with E-state index in [0.717, 1.165) is 24.0 Å². The van der Waals surface area contributed by atoms with E-state index in [0.29, 0.717) is 5.92 Å². The fourth-order valence-electron chi connectivity index (χ4n) is 1.70. The molecule has 0 fully saturated rings. The van der Waals surface area contributed by atoms with E-state index in [2.05, 4.69) is 26.8 Å². The lowest BCUT2D eigenvalue weighted by Gasteiger charge is -2.06. The van der Waals surface area contributed by atoms with Crippen molar-refractivity contribution in [3.63, 3.8) is 0 Å². The van der Waals surface area contributed by atoms with Crippen LogP contribution in [0.1, 0.15) is 48.4 Å². The summed E-state index contributed by atoms with van der Waals surface area (Å²) in [5, 5.41) is 0. The molecule has 0 amide bonds. The predicted molar refractivity (Wildman–Crippen MR) is 54.3 cm³/mol. The summed E-state index contributed by atoms with van der Waals surface area (Å²) in [5.74, 6) is 0.476. The molecule has 0 aliphatic carbocycles. The molecule has 0 unspecified atom stereocenters. The van der Waals surface area contributed by atoms with Gasteiger partial charge in [-0.1, -0.05) is 20.8 Å². The quantitative estimate of drug-likeness (QED) is 0.653. The number of aldehydes is 1. The third-order valence-corrected chi connectivity index (χ3v) is 2.48. The standard InChI is InChI=1S/C11H17NO/c1-5-9-6-10(8(2)3)12(4)11(9)7-13/h6-8H,5H2,1-4H3. The number of hydrogen-bond acceptors (Lipinski definition) is 1. The van der Waals surface area contributed by atoms with Crippen LogP contribution in [0.4, 0.5) is 0 Å². The highest BCUT2D eigenvalue weighted by Gasteiger charge is 2.12. The van der Waals surface area contributed by atoms with E-state index in [4.69, 9.17) is 0 Å². The van der Waals surface area contributed by atoms with E-state index < -0.39 is 0 Å². The van der Waals surface area contributed by atoms with Gasteiger partial charge >= 0.3 is 0 Å². The van der Waals surface area contributed by atoms with E-state index in [1.54, 1.807) is 0 Å². The first kappa shape index (κ1) is 10.0. The Morgan fingerprint density at radius 3 is 2.46 bits per heavy atom. The zero-order chi connectivity index (χ0) is 10.0. The molecule has 0 atom stereocenters. The summed E-state index contributed by atoms with van der Waals surface area (Å²) in [6.07, 6.45) is 1.87. The van der Waals surface area contributed by atoms with Gasteiger partial charge in [-0.2, -0.15) is 0 Å². The van der Waals surface area contributed by atoms with Gasteiger partial charge in [-0.05, 0) is 24.0 Å². The number of aryl methyl sites for hydroxylation is 1. The Morgan fingerprint density at radius 1 is 1.54 bits per heavy atom. The maximum atomic E-state index is 10.8. The molecule has 2 nitrogen and oxygen atoms in total. The lowest BCUT2D eigenvalue weighted by molar-refractivity contribution is 0.111. The van der Waals surface area contributed by atoms with Gasteiger partial charge in [0.25, 0.3) is 0 Å². The third kappa shape index (κ3) is 1.67. The fourth-order valence-corrected chi connectivity index (χ4v) is 1.70. The number of hydrogen-bond donors (Lipinski definition) is 0. The van der Waals surface area contributed by atoms with Crippen LogP contribution in [-0.4, -0.2) is 10.9 Å². The van der Waals surface area contributed by atoms with Crippen LogP contribution in [0.2, 0.25) is 0 Å². The summed E-state index contributed by atoms with van der Waals surface area (Å²) in [5.41, 5.74) is 3.21. The largest absolute Gasteiger partial charge is 0.345 e. The Labute approximate surface area is 79.6 Å². The van der Waals surface area contributed by atoms with Gasteiger partial charge in [0.15, 0.2) is 6.29 Å². The van der Waals surface area contributed by atoms with Gasteiger partial charge in [0, 0.05) is 12.7 Å². The average Bonchev–Trinajstić information content (AvgIpc) is 2.41. The van der Waals surface area contributed by atoms with Crippen LogP contribution < -0.4 is 0 Å². The predicted octanol–water partition coefficient (Wildman–Crippen LogP) is 2.52. The van der Waals surface area contributed by atoms with E-state index in [1.165, 1.54) is 5.69 Å². The van der Waals surface area contributed by atoms with Gasteiger partial charge in [-0.25, -0.2) is 0 Å². The molecule has 0 aliphatic rings. The normalized spacial score (nSPS) is 10.8. The minimum absolute atomic E-state index is 0.476. The number of carbonyl (C=O) groups is 1. The SMILES string of the molecule is CCc1cc(C(C)C)n(C)c1C=O. The molecule has 0 spiro atoms. The molecule has 13 heavy (non-hydrogen) atoms. The highest BCUT2D eigenvalue weighted by atomic mass is 16.1. The third-order valence-electron chi connectivity index (χ3n) is 2.48. The van der Waals surface area contributed by atoms with Crippen LogP contribution in [0, 0.1) is 0 Å². The molecule has 72 valence electrons. The summed E-state index contributed by atoms with van der Waals surface area (Å²) in [4.78, 5) is 10.8. The number of carbonyl (C=O) groups excluding carboxylic acids is 1. The van der Waals surface area contributed by atoms with Gasteiger partial charge in [-0.3, -0.25) is 4.79 Å². The summed E-state index contributed by atoms with van der Waals surface area (Å²) >= 11 is 0. The highest BCUT2D eigenvalue weighted by Crippen LogP contribution is 2.20. The first-order valence-corrected chi connectivity index (χ1v) is 4.75. The second-order valence-electron chi connectivity index (χ2n) is 3.66. The number of nitrogens with zero attached hydrogens (tertiary/aromatic N) is 1. The Kier molecular flexibility index (Phi) is 2.91. The van der Waals surface area contributed by atoms with Crippen LogP contribution in [0.15, 0.2) is 6.07 Å². The molecule has 0 radical (unpaired) electrons. The maximum Gasteiger partial charge on any atom is 0.166 e. The first-order valence-electron chi connectivity index (χ1n) is 4.75. The van der Waals surface area contributed by atoms with Crippen LogP contribution in [-0.2, 0) is 13.5 Å². The van der Waals surface area contributed by atoms with Gasteiger partial charge in [0.2, 0.25) is 0 Å². The Bertz CT molecular complexity index is 310. The monoisotopic (exact) mass is 179 g/mol. The van der Waals surface area contributed by atoms with E-state index in [1.807, 2.05) is 11.6 Å². The zero-order valence-corrected chi connectivity index (χ0v) is 8.79. The fraction of sp³-hybridized carbons (Fsp3) is 0.545. The molecular weight excluding hydrogens is 162 g/mol. The Hall–Kier alpha value is -1.05. The van der Waals surface area contributed by atoms with Gasteiger partial charge in [-0.15, -0.1) is 0 Å². The molecule has 0 aromatic carbocycles. The first-order chi connectivity index (χ1) is 6.11. The van der Waals surface area contributed by atoms with E-state index in [9.17, 15) is 4.79 Å². The Balaban J connectivity index is 3.26. The van der Waals surface area contributed by atoms with Gasteiger partial charge < -0.3 is 4.57 Å². The van der Waals surface area contributed by atoms with Crippen molar-refractivity contribution in [3.05, 3.63) is 23.0 Å². The molecule has 1 aromatic rings. The van der Waals surface area contributed by atoms with Crippen LogP contribution in [0.3, 0.4) is 0 Å². The molecular formula is C11H17NO. The zero-order valence-electron chi connectivity index (χ0n) is 8.79. The van der Waals surface area contributed by atoms with E-state index >= 15 is 0 Å². The van der Waals surface area contributed by atoms with Crippen molar-refractivity contribution in [2.75, 3.05) is 0 Å². The lowest BCUT2D eigenvalue weighted by atomic mass is 10.1. The van der Waals surface area contributed by atoms with Crippen molar-refractivity contribution in [1.29, 1.82) is 0 Å². The average molecular weight is 179 g/mol. The van der Waals surface area contributed by atoms with E-state index in [-0.39, 0.29) is 0 Å². The minimum Gasteiger partial charge on any atom is -0.345 e. The second kappa shape index (κ2) is 3.77. The summed E-state index contributed by atoms with van der Waals surface area (Å²) in [6.45, 7) is 6.36. The molecule has 2 heteroatoms. The van der Waals surface area contributed by atoms with Crippen molar-refractivity contribution in [1.82, 2.24) is 4.57 Å². The van der Waals surface area contributed by atoms with Crippen molar-refractivity contribution in [3.8, 4) is 0 Å². The molecule has 1 rings (SSSR count). The maximum absolute atomic E-state index is 10.8. The molecule has 0 aliphatic heterocycles. The van der Waals surface area contributed by atoms with Crippen LogP contribution in [0.5, 0.6) is 0 Å². The molecule has 0 bridgehead atoms. The Morgan fingerprint density at radius 2 is 2.15 bits per heavy atom. The van der Waals surface area contributed by atoms with Crippen molar-refractivity contribution in [2.24, 2.45) is 7.05 Å². The summed E-state index contributed by atoms with van der Waals surface area (Å²) < 4.78 is 2.00. The molecule has 1 heterocycles. The van der Waals surface area contributed by atoms with Crippen molar-refractivity contribution >= 4 is 6.29 Å². The van der Waals surface area contributed by atoms with Gasteiger partial charge in [0.05, 0.1) is 5.69 Å². The van der Waals surface area contributed by atoms with Crippen LogP contribution in [0.25, 0.3) is 0 Å². The van der Waals surface area contributed by atoms with Gasteiger partial charge in [0.1, 0.15) is 0 Å². The number of aromatic nitrogens is 1. The molecule has 0 N–H and O–H groups in total. The topological polar surface area (TPSA) is 22.0 Å². The lowest BCUT2D eigenvalue weighted by Crippen LogP contribution is -2.02. The second-order valence-corrected chi connectivity index (χ2v) is 3.66. The summed E-state index contributed by atoms with van der Waals surface area (Å²) in [7, 11) is 1.96. The smallest absolute Gasteiger partial charge is 0.166 e. The minimum atomic E-state index is 0.476. The molecule has 0 saturated carbocycles. The molecule has 1 aromatic heterocycles. The number of rotatable bonds is 3. The highest BCUT2D eigenvalue weighted by molar-refractivity contribution is 5.75. The van der Waals surface area contributed by atoms with Crippen LogP contribution >= 0.6 is 0 Å². The molecule has 0 saturated heterocycles. The van der Waals surface area contributed by atoms with Crippen molar-refractivity contribution in [2.45, 2.75) is 33.1 Å².